The van der Waals surface area contributed by atoms with Crippen LogP contribution in [0.3, 0.4) is 0 Å². The lowest BCUT2D eigenvalue weighted by Gasteiger charge is -2.32. The Bertz CT molecular complexity index is 680. The Labute approximate surface area is 135 Å². The lowest BCUT2D eigenvalue weighted by molar-refractivity contribution is -0.125. The summed E-state index contributed by atoms with van der Waals surface area (Å²) in [5.74, 6) is 0.251. The first kappa shape index (κ1) is 15.3. The number of aryl methyl sites for hydroxylation is 1. The molecular weight excluding hydrogens is 294 g/mol. The second-order valence-corrected chi connectivity index (χ2v) is 7.43. The number of carbonyl (C=O) groups excluding carboxylic acids is 1. The number of hydrogen-bond donors (Lipinski definition) is 1. The smallest absolute Gasteiger partial charge is 0.225 e. The van der Waals surface area contributed by atoms with E-state index in [2.05, 4.69) is 35.3 Å². The van der Waals surface area contributed by atoms with E-state index in [0.29, 0.717) is 0 Å². The molecule has 0 spiro atoms. The predicted octanol–water partition coefficient (Wildman–Crippen LogP) is 3.35. The molecule has 2 aromatic rings. The molecule has 1 N–H and O–H groups in total. The highest BCUT2D eigenvalue weighted by Crippen LogP contribution is 2.32. The van der Waals surface area contributed by atoms with Crippen molar-refractivity contribution in [1.82, 2.24) is 10.3 Å². The molecule has 118 valence electrons. The molecule has 1 fully saturated rings. The maximum atomic E-state index is 12.2. The van der Waals surface area contributed by atoms with Gasteiger partial charge >= 0.3 is 0 Å². The maximum absolute atomic E-state index is 12.2. The average molecular weight is 317 g/mol. The fourth-order valence-electron chi connectivity index (χ4n) is 2.92. The van der Waals surface area contributed by atoms with Gasteiger partial charge in [0.15, 0.2) is 5.13 Å². The van der Waals surface area contributed by atoms with Gasteiger partial charge in [-0.1, -0.05) is 17.4 Å². The Morgan fingerprint density at radius 3 is 3.05 bits per heavy atom. The summed E-state index contributed by atoms with van der Waals surface area (Å²) in [5.41, 5.74) is 2.31. The number of anilines is 1. The highest BCUT2D eigenvalue weighted by molar-refractivity contribution is 7.22. The molecule has 1 amide bonds. The van der Waals surface area contributed by atoms with E-state index in [9.17, 15) is 4.79 Å². The quantitative estimate of drug-likeness (QED) is 0.944. The van der Waals surface area contributed by atoms with Crippen molar-refractivity contribution in [2.24, 2.45) is 5.92 Å². The van der Waals surface area contributed by atoms with E-state index in [1.165, 1.54) is 10.3 Å². The average Bonchev–Trinajstić information content (AvgIpc) is 2.89. The molecule has 4 nitrogen and oxygen atoms in total. The standard InChI is InChI=1S/C17H23N3OS/c1-11(2)18-16(21)13-5-4-8-20(10-13)17-19-14-7-6-12(3)9-15(14)22-17/h6-7,9,11,13H,4-5,8,10H2,1-3H3,(H,18,21). The lowest BCUT2D eigenvalue weighted by Crippen LogP contribution is -2.44. The van der Waals surface area contributed by atoms with Crippen LogP contribution < -0.4 is 10.2 Å². The first-order chi connectivity index (χ1) is 10.5. The number of thiazole rings is 1. The maximum Gasteiger partial charge on any atom is 0.225 e. The van der Waals surface area contributed by atoms with Crippen LogP contribution >= 0.6 is 11.3 Å². The number of benzene rings is 1. The minimum atomic E-state index is 0.0740. The van der Waals surface area contributed by atoms with Gasteiger partial charge in [0.05, 0.1) is 16.1 Å². The second kappa shape index (κ2) is 6.24. The molecular formula is C17H23N3OS. The zero-order valence-electron chi connectivity index (χ0n) is 13.4. The minimum Gasteiger partial charge on any atom is -0.354 e. The molecule has 2 heterocycles. The van der Waals surface area contributed by atoms with E-state index in [1.54, 1.807) is 11.3 Å². The topological polar surface area (TPSA) is 45.2 Å². The van der Waals surface area contributed by atoms with Crippen molar-refractivity contribution < 1.29 is 4.79 Å². The van der Waals surface area contributed by atoms with Crippen molar-refractivity contribution in [2.75, 3.05) is 18.0 Å². The van der Waals surface area contributed by atoms with E-state index < -0.39 is 0 Å². The van der Waals surface area contributed by atoms with Crippen molar-refractivity contribution in [3.63, 3.8) is 0 Å². The highest BCUT2D eigenvalue weighted by atomic mass is 32.1. The first-order valence-corrected chi connectivity index (χ1v) is 8.77. The Balaban J connectivity index is 1.77. The number of nitrogens with zero attached hydrogens (tertiary/aromatic N) is 2. The van der Waals surface area contributed by atoms with Crippen LogP contribution in [-0.4, -0.2) is 30.0 Å². The Hall–Kier alpha value is -1.62. The number of fused-ring (bicyclic) bond motifs is 1. The number of aromatic nitrogens is 1. The van der Waals surface area contributed by atoms with E-state index in [0.717, 1.165) is 36.6 Å². The van der Waals surface area contributed by atoms with Crippen molar-refractivity contribution in [2.45, 2.75) is 39.7 Å². The van der Waals surface area contributed by atoms with Gasteiger partial charge in [0, 0.05) is 19.1 Å². The number of amides is 1. The molecule has 1 aliphatic heterocycles. The van der Waals surface area contributed by atoms with Gasteiger partial charge in [-0.05, 0) is 51.3 Å². The predicted molar refractivity (Wildman–Crippen MR) is 92.6 cm³/mol. The summed E-state index contributed by atoms with van der Waals surface area (Å²) in [6.45, 7) is 7.89. The zero-order chi connectivity index (χ0) is 15.7. The number of hydrogen-bond acceptors (Lipinski definition) is 4. The van der Waals surface area contributed by atoms with Gasteiger partial charge in [0.25, 0.3) is 0 Å². The summed E-state index contributed by atoms with van der Waals surface area (Å²) < 4.78 is 1.23. The van der Waals surface area contributed by atoms with E-state index in [4.69, 9.17) is 4.98 Å². The largest absolute Gasteiger partial charge is 0.354 e. The lowest BCUT2D eigenvalue weighted by atomic mass is 9.97. The van der Waals surface area contributed by atoms with E-state index in [-0.39, 0.29) is 17.9 Å². The normalized spacial score (nSPS) is 18.9. The summed E-state index contributed by atoms with van der Waals surface area (Å²) in [4.78, 5) is 19.3. The van der Waals surface area contributed by atoms with Crippen molar-refractivity contribution >= 4 is 32.6 Å². The third-order valence-corrected chi connectivity index (χ3v) is 5.11. The second-order valence-electron chi connectivity index (χ2n) is 6.42. The summed E-state index contributed by atoms with van der Waals surface area (Å²) >= 11 is 1.73. The van der Waals surface area contributed by atoms with Gasteiger partial charge in [-0.3, -0.25) is 4.79 Å². The molecule has 1 aromatic heterocycles. The number of piperidine rings is 1. The molecule has 1 saturated heterocycles. The van der Waals surface area contributed by atoms with Gasteiger partial charge in [0.1, 0.15) is 0 Å². The first-order valence-electron chi connectivity index (χ1n) is 7.95. The Morgan fingerprint density at radius 2 is 2.27 bits per heavy atom. The highest BCUT2D eigenvalue weighted by Gasteiger charge is 2.27. The van der Waals surface area contributed by atoms with Crippen molar-refractivity contribution in [1.29, 1.82) is 0 Å². The molecule has 1 aliphatic rings. The molecule has 1 atom stereocenters. The Morgan fingerprint density at radius 1 is 1.45 bits per heavy atom. The fourth-order valence-corrected chi connectivity index (χ4v) is 4.02. The van der Waals surface area contributed by atoms with Crippen LogP contribution in [0.1, 0.15) is 32.3 Å². The van der Waals surface area contributed by atoms with Crippen LogP contribution in [0.25, 0.3) is 10.2 Å². The molecule has 0 saturated carbocycles. The van der Waals surface area contributed by atoms with Crippen LogP contribution in [0, 0.1) is 12.8 Å². The fraction of sp³-hybridized carbons (Fsp3) is 0.529. The number of nitrogens with one attached hydrogen (secondary N) is 1. The third-order valence-electron chi connectivity index (χ3n) is 4.03. The van der Waals surface area contributed by atoms with Crippen LogP contribution in [0.2, 0.25) is 0 Å². The summed E-state index contributed by atoms with van der Waals surface area (Å²) in [6, 6.07) is 6.57. The van der Waals surface area contributed by atoms with Crippen LogP contribution in [-0.2, 0) is 4.79 Å². The summed E-state index contributed by atoms with van der Waals surface area (Å²) in [7, 11) is 0. The van der Waals surface area contributed by atoms with Crippen molar-refractivity contribution in [3.05, 3.63) is 23.8 Å². The van der Waals surface area contributed by atoms with Gasteiger partial charge in [-0.25, -0.2) is 4.98 Å². The molecule has 1 aromatic carbocycles. The van der Waals surface area contributed by atoms with Crippen LogP contribution in [0.4, 0.5) is 5.13 Å². The van der Waals surface area contributed by atoms with Gasteiger partial charge in [-0.15, -0.1) is 0 Å². The molecule has 0 radical (unpaired) electrons. The van der Waals surface area contributed by atoms with E-state index in [1.807, 2.05) is 13.8 Å². The molecule has 0 aliphatic carbocycles. The SMILES string of the molecule is Cc1ccc2nc(N3CCCC(C(=O)NC(C)C)C3)sc2c1. The van der Waals surface area contributed by atoms with Gasteiger partial charge in [0.2, 0.25) is 5.91 Å². The van der Waals surface area contributed by atoms with E-state index >= 15 is 0 Å². The molecule has 0 bridgehead atoms. The number of rotatable bonds is 3. The monoisotopic (exact) mass is 317 g/mol. The van der Waals surface area contributed by atoms with Gasteiger partial charge < -0.3 is 10.2 Å². The number of carbonyl (C=O) groups is 1. The third kappa shape index (κ3) is 3.24. The summed E-state index contributed by atoms with van der Waals surface area (Å²) in [5, 5.41) is 4.08. The zero-order valence-corrected chi connectivity index (χ0v) is 14.2. The molecule has 22 heavy (non-hydrogen) atoms. The minimum absolute atomic E-state index is 0.0740. The summed E-state index contributed by atoms with van der Waals surface area (Å²) in [6.07, 6.45) is 2.02. The Kier molecular flexibility index (Phi) is 4.34. The van der Waals surface area contributed by atoms with Gasteiger partial charge in [-0.2, -0.15) is 0 Å². The van der Waals surface area contributed by atoms with Crippen molar-refractivity contribution in [3.8, 4) is 0 Å². The van der Waals surface area contributed by atoms with Crippen LogP contribution in [0.15, 0.2) is 18.2 Å². The van der Waals surface area contributed by atoms with Crippen LogP contribution in [0.5, 0.6) is 0 Å². The molecule has 5 heteroatoms. The molecule has 1 unspecified atom stereocenters. The molecule has 3 rings (SSSR count).